The van der Waals surface area contributed by atoms with Gasteiger partial charge < -0.3 is 10.2 Å². The van der Waals surface area contributed by atoms with E-state index in [2.05, 4.69) is 60.7 Å². The van der Waals surface area contributed by atoms with Crippen LogP contribution in [0.1, 0.15) is 11.1 Å². The fraction of sp³-hybridized carbons (Fsp3) is 0.200. The number of benzene rings is 2. The van der Waals surface area contributed by atoms with Gasteiger partial charge in [0.2, 0.25) is 0 Å². The van der Waals surface area contributed by atoms with Crippen molar-refractivity contribution in [3.63, 3.8) is 0 Å². The normalized spacial score (nSPS) is 22.0. The number of thioether (sulfide) groups is 8. The minimum atomic E-state index is -0.397. The zero-order chi connectivity index (χ0) is 23.8. The van der Waals surface area contributed by atoms with E-state index in [4.69, 9.17) is 0 Å². The molecule has 0 amide bonds. The molecule has 2 aromatic rings. The number of aliphatic hydroxyl groups is 2. The monoisotopic (exact) mass is 608 g/mol. The highest BCUT2D eigenvalue weighted by Gasteiger charge is 2.39. The minimum Gasteiger partial charge on any atom is -0.396 e. The van der Waals surface area contributed by atoms with E-state index in [1.165, 1.54) is 46.4 Å². The van der Waals surface area contributed by atoms with Gasteiger partial charge in [0.15, 0.2) is 0 Å². The van der Waals surface area contributed by atoms with E-state index < -0.39 is 5.41 Å². The Morgan fingerprint density at radius 3 is 1.29 bits per heavy atom. The van der Waals surface area contributed by atoms with Gasteiger partial charge >= 0.3 is 0 Å². The Hall–Kier alpha value is 0.120. The number of hydrogen-bond acceptors (Lipinski definition) is 10. The number of rotatable bonds is 4. The molecule has 0 radical (unpaired) electrons. The molecule has 2 N–H and O–H groups in total. The van der Waals surface area contributed by atoms with Gasteiger partial charge in [-0.05, 0) is 11.1 Å². The van der Waals surface area contributed by atoms with Crippen LogP contribution in [0.5, 0.6) is 0 Å². The van der Waals surface area contributed by atoms with Crippen molar-refractivity contribution in [3.05, 3.63) is 97.2 Å². The zero-order valence-electron chi connectivity index (χ0n) is 18.3. The largest absolute Gasteiger partial charge is 0.396 e. The van der Waals surface area contributed by atoms with Gasteiger partial charge in [0.05, 0.1) is 38.6 Å². The summed E-state index contributed by atoms with van der Waals surface area (Å²) in [5, 5.41) is 19.7. The molecule has 6 rings (SSSR count). The summed E-state index contributed by atoms with van der Waals surface area (Å²) in [5.74, 6) is 1.51. The van der Waals surface area contributed by atoms with Gasteiger partial charge in [0.25, 0.3) is 0 Å². The van der Waals surface area contributed by atoms with Crippen LogP contribution in [0.3, 0.4) is 0 Å². The van der Waals surface area contributed by atoms with Crippen molar-refractivity contribution >= 4 is 104 Å². The highest BCUT2D eigenvalue weighted by atomic mass is 32.3. The molecule has 0 fully saturated rings. The van der Waals surface area contributed by atoms with Gasteiger partial charge in [-0.2, -0.15) is 0 Å². The Morgan fingerprint density at radius 2 is 0.886 bits per heavy atom. The van der Waals surface area contributed by atoms with E-state index in [9.17, 15) is 10.2 Å². The van der Waals surface area contributed by atoms with Gasteiger partial charge in [-0.3, -0.25) is 0 Å². The van der Waals surface area contributed by atoms with Gasteiger partial charge in [-0.1, -0.05) is 131 Å². The minimum absolute atomic E-state index is 0.0324. The standard InChI is InChI=1S/C25H20O2S8/c26-11-25(12-27)13-28-19-20(29-14-25)33-23(32-19)24-34-21-22(35-24)31-18(16-9-5-2-6-10-16)17(30-21)15-7-3-1-4-8-15/h1-10,26-27H,11-14H2. The fourth-order valence-electron chi connectivity index (χ4n) is 3.56. The highest BCUT2D eigenvalue weighted by molar-refractivity contribution is 8.47. The quantitative estimate of drug-likeness (QED) is 0.352. The number of hydrogen-bond donors (Lipinski definition) is 2. The van der Waals surface area contributed by atoms with Crippen LogP contribution in [-0.4, -0.2) is 34.9 Å². The molecule has 180 valence electrons. The van der Waals surface area contributed by atoms with Crippen LogP contribution in [-0.2, 0) is 0 Å². The summed E-state index contributed by atoms with van der Waals surface area (Å²) in [6.45, 7) is 0.0647. The van der Waals surface area contributed by atoms with Gasteiger partial charge in [-0.15, -0.1) is 23.5 Å². The second-order valence-corrected chi connectivity index (χ2v) is 17.8. The van der Waals surface area contributed by atoms with Crippen LogP contribution in [0.25, 0.3) is 9.81 Å². The SMILES string of the molecule is OCC1(CO)CSC2=C(SC1)SC(=C1SC3=C(S1)SC(c1ccccc1)=C(c1ccccc1)S3)S2. The summed E-state index contributed by atoms with van der Waals surface area (Å²) in [6.07, 6.45) is 0. The highest BCUT2D eigenvalue weighted by Crippen LogP contribution is 2.71. The van der Waals surface area contributed by atoms with Crippen molar-refractivity contribution in [2.45, 2.75) is 0 Å². The van der Waals surface area contributed by atoms with E-state index in [0.717, 1.165) is 11.5 Å². The summed E-state index contributed by atoms with van der Waals surface area (Å²) in [5.41, 5.74) is 2.14. The first kappa shape index (κ1) is 25.4. The first-order chi connectivity index (χ1) is 17.2. The van der Waals surface area contributed by atoms with Crippen LogP contribution < -0.4 is 0 Å². The number of aliphatic hydroxyl groups excluding tert-OH is 2. The average Bonchev–Trinajstić information content (AvgIpc) is 3.49. The summed E-state index contributed by atoms with van der Waals surface area (Å²) >= 11 is 14.9. The zero-order valence-corrected chi connectivity index (χ0v) is 24.8. The molecule has 0 atom stereocenters. The van der Waals surface area contributed by atoms with Crippen molar-refractivity contribution in [1.29, 1.82) is 0 Å². The lowest BCUT2D eigenvalue weighted by molar-refractivity contribution is 0.0935. The first-order valence-electron chi connectivity index (χ1n) is 10.8. The van der Waals surface area contributed by atoms with Crippen LogP contribution in [0, 0.1) is 5.41 Å². The lowest BCUT2D eigenvalue weighted by atomic mass is 9.96. The molecule has 4 aliphatic heterocycles. The maximum absolute atomic E-state index is 9.83. The summed E-state index contributed by atoms with van der Waals surface area (Å²) in [4.78, 5) is 2.66. The molecular weight excluding hydrogens is 589 g/mol. The molecule has 0 aliphatic carbocycles. The van der Waals surface area contributed by atoms with Crippen molar-refractivity contribution < 1.29 is 10.2 Å². The Bertz CT molecular complexity index is 1170. The van der Waals surface area contributed by atoms with E-state index in [-0.39, 0.29) is 13.2 Å². The molecule has 0 aromatic heterocycles. The molecule has 0 spiro atoms. The van der Waals surface area contributed by atoms with Crippen molar-refractivity contribution in [1.82, 2.24) is 0 Å². The van der Waals surface area contributed by atoms with E-state index in [1.807, 2.05) is 70.6 Å². The van der Waals surface area contributed by atoms with Gasteiger partial charge in [0, 0.05) is 26.7 Å². The maximum atomic E-state index is 9.83. The Labute approximate surface area is 239 Å². The molecule has 2 aromatic carbocycles. The Kier molecular flexibility index (Phi) is 8.04. The van der Waals surface area contributed by atoms with Crippen LogP contribution >= 0.6 is 94.1 Å². The van der Waals surface area contributed by atoms with Crippen LogP contribution in [0.15, 0.2) is 86.1 Å². The van der Waals surface area contributed by atoms with E-state index in [0.29, 0.717) is 0 Å². The summed E-state index contributed by atoms with van der Waals surface area (Å²) in [6, 6.07) is 21.5. The molecule has 0 saturated heterocycles. The van der Waals surface area contributed by atoms with Gasteiger partial charge in [0.1, 0.15) is 0 Å². The van der Waals surface area contributed by atoms with Crippen molar-refractivity contribution in [2.24, 2.45) is 5.41 Å². The molecule has 4 heterocycles. The topological polar surface area (TPSA) is 40.5 Å². The smallest absolute Gasteiger partial charge is 0.0718 e. The predicted octanol–water partition coefficient (Wildman–Crippen LogP) is 8.78. The molecule has 2 nitrogen and oxygen atoms in total. The van der Waals surface area contributed by atoms with E-state index in [1.54, 1.807) is 23.5 Å². The third-order valence-corrected chi connectivity index (χ3v) is 18.1. The molecule has 0 saturated carbocycles. The van der Waals surface area contributed by atoms with Crippen LogP contribution in [0.2, 0.25) is 0 Å². The van der Waals surface area contributed by atoms with Gasteiger partial charge in [-0.25, -0.2) is 0 Å². The van der Waals surface area contributed by atoms with Crippen LogP contribution in [0.4, 0.5) is 0 Å². The average molecular weight is 609 g/mol. The molecular formula is C25H20O2S8. The lowest BCUT2D eigenvalue weighted by Gasteiger charge is -2.27. The Balaban J connectivity index is 1.23. The third kappa shape index (κ3) is 5.22. The maximum Gasteiger partial charge on any atom is 0.0718 e. The summed E-state index contributed by atoms with van der Waals surface area (Å²) < 4.78 is 8.14. The molecule has 10 heteroatoms. The lowest BCUT2D eigenvalue weighted by Crippen LogP contribution is -2.34. The van der Waals surface area contributed by atoms with Crippen molar-refractivity contribution in [2.75, 3.05) is 24.7 Å². The predicted molar refractivity (Wildman–Crippen MR) is 168 cm³/mol. The fourth-order valence-corrected chi connectivity index (χ4v) is 16.3. The second-order valence-electron chi connectivity index (χ2n) is 8.12. The second kappa shape index (κ2) is 11.1. The molecule has 0 bridgehead atoms. The van der Waals surface area contributed by atoms with E-state index >= 15 is 0 Å². The Morgan fingerprint density at radius 1 is 0.514 bits per heavy atom. The molecule has 35 heavy (non-hydrogen) atoms. The molecule has 0 unspecified atom stereocenters. The van der Waals surface area contributed by atoms with Crippen molar-refractivity contribution in [3.8, 4) is 0 Å². The molecule has 4 aliphatic rings. The summed E-state index contributed by atoms with van der Waals surface area (Å²) in [7, 11) is 0. The first-order valence-corrected chi connectivity index (χ1v) is 17.7. The third-order valence-electron chi connectivity index (χ3n) is 5.60.